The van der Waals surface area contributed by atoms with Gasteiger partial charge in [-0.25, -0.2) is 0 Å². The molecule has 1 saturated carbocycles. The first-order valence-electron chi connectivity index (χ1n) is 11.3. The summed E-state index contributed by atoms with van der Waals surface area (Å²) in [7, 11) is 0. The van der Waals surface area contributed by atoms with E-state index in [0.29, 0.717) is 11.7 Å². The Morgan fingerprint density at radius 1 is 1.12 bits per heavy atom. The Kier molecular flexibility index (Phi) is 7.88. The van der Waals surface area contributed by atoms with Crippen LogP contribution in [0, 0.1) is 5.92 Å². The molecule has 0 spiro atoms. The Hall–Kier alpha value is -2.58. The summed E-state index contributed by atoms with van der Waals surface area (Å²) in [5.74, 6) is 0.0519. The number of benzene rings is 2. The van der Waals surface area contributed by atoms with Gasteiger partial charge < -0.3 is 10.2 Å². The van der Waals surface area contributed by atoms with Crippen LogP contribution in [0.1, 0.15) is 50.6 Å². The Bertz CT molecular complexity index is 1100. The first-order valence-corrected chi connectivity index (χ1v) is 12.9. The van der Waals surface area contributed by atoms with Crippen molar-refractivity contribution in [2.24, 2.45) is 5.92 Å². The van der Waals surface area contributed by atoms with Gasteiger partial charge >= 0.3 is 0 Å². The van der Waals surface area contributed by atoms with Crippen LogP contribution in [0.15, 0.2) is 59.1 Å². The molecular weight excluding hydrogens is 500 g/mol. The minimum absolute atomic E-state index is 0.0649. The second-order valence-corrected chi connectivity index (χ2v) is 10.2. The summed E-state index contributed by atoms with van der Waals surface area (Å²) in [6.45, 7) is 2.41. The first kappa shape index (κ1) is 23.6. The van der Waals surface area contributed by atoms with Crippen LogP contribution in [0.5, 0.6) is 0 Å². The molecule has 1 N–H and O–H groups in total. The summed E-state index contributed by atoms with van der Waals surface area (Å²) in [6, 6.07) is 17.7. The average Bonchev–Trinajstić information content (AvgIpc) is 3.52. The number of nitrogens with zero attached hydrogens (tertiary/aromatic N) is 3. The van der Waals surface area contributed by atoms with Crippen LogP contribution in [-0.2, 0) is 9.59 Å². The minimum atomic E-state index is -0.170. The van der Waals surface area contributed by atoms with Crippen molar-refractivity contribution in [1.29, 1.82) is 0 Å². The van der Waals surface area contributed by atoms with Crippen molar-refractivity contribution >= 4 is 44.2 Å². The van der Waals surface area contributed by atoms with Crippen molar-refractivity contribution in [2.45, 2.75) is 45.1 Å². The van der Waals surface area contributed by atoms with Crippen LogP contribution in [0.4, 0.5) is 5.13 Å². The van der Waals surface area contributed by atoms with E-state index in [0.717, 1.165) is 46.3 Å². The summed E-state index contributed by atoms with van der Waals surface area (Å²) in [5.41, 5.74) is 2.01. The lowest BCUT2D eigenvalue weighted by Crippen LogP contribution is -2.39. The van der Waals surface area contributed by atoms with Crippen LogP contribution in [0.3, 0.4) is 0 Å². The van der Waals surface area contributed by atoms with E-state index in [2.05, 4.69) is 31.4 Å². The second kappa shape index (κ2) is 11.0. The van der Waals surface area contributed by atoms with Gasteiger partial charge in [0.25, 0.3) is 0 Å². The zero-order chi connectivity index (χ0) is 23.2. The molecule has 33 heavy (non-hydrogen) atoms. The lowest BCUT2D eigenvalue weighted by molar-refractivity contribution is -0.138. The summed E-state index contributed by atoms with van der Waals surface area (Å²) in [5, 5.41) is 12.3. The second-order valence-electron chi connectivity index (χ2n) is 8.32. The topological polar surface area (TPSA) is 75.2 Å². The van der Waals surface area contributed by atoms with Crippen LogP contribution < -0.4 is 5.32 Å². The molecule has 1 aliphatic carbocycles. The SMILES string of the molecule is CC(c1ccccc1)N(CCC(=O)Nc1nnc(-c2cccc(Br)c2)s1)C(=O)C1CCCC1. The Balaban J connectivity index is 1.40. The number of hydrogen-bond acceptors (Lipinski definition) is 5. The number of aromatic nitrogens is 2. The number of carbonyl (C=O) groups excluding carboxylic acids is 2. The normalized spacial score (nSPS) is 14.7. The van der Waals surface area contributed by atoms with Crippen molar-refractivity contribution in [3.8, 4) is 10.6 Å². The minimum Gasteiger partial charge on any atom is -0.335 e. The molecule has 1 aliphatic rings. The van der Waals surface area contributed by atoms with Crippen LogP contribution >= 0.6 is 27.3 Å². The van der Waals surface area contributed by atoms with E-state index in [4.69, 9.17) is 0 Å². The van der Waals surface area contributed by atoms with Crippen LogP contribution in [0.25, 0.3) is 10.6 Å². The third kappa shape index (κ3) is 6.06. The zero-order valence-electron chi connectivity index (χ0n) is 18.5. The number of nitrogens with one attached hydrogen (secondary N) is 1. The first-order chi connectivity index (χ1) is 16.0. The fourth-order valence-corrected chi connectivity index (χ4v) is 5.38. The van der Waals surface area contributed by atoms with Gasteiger partial charge in [-0.05, 0) is 37.5 Å². The van der Waals surface area contributed by atoms with E-state index in [9.17, 15) is 9.59 Å². The summed E-state index contributed by atoms with van der Waals surface area (Å²) in [6.07, 6.45) is 4.28. The fraction of sp³-hybridized carbons (Fsp3) is 0.360. The summed E-state index contributed by atoms with van der Waals surface area (Å²) >= 11 is 4.79. The summed E-state index contributed by atoms with van der Waals surface area (Å²) in [4.78, 5) is 27.9. The molecular formula is C25H27BrN4O2S. The highest BCUT2D eigenvalue weighted by molar-refractivity contribution is 9.10. The Labute approximate surface area is 206 Å². The van der Waals surface area contributed by atoms with E-state index in [1.165, 1.54) is 11.3 Å². The maximum absolute atomic E-state index is 13.3. The van der Waals surface area contributed by atoms with Gasteiger partial charge in [0.05, 0.1) is 6.04 Å². The van der Waals surface area contributed by atoms with E-state index < -0.39 is 0 Å². The lowest BCUT2D eigenvalue weighted by atomic mass is 10.0. The van der Waals surface area contributed by atoms with Gasteiger partial charge in [-0.2, -0.15) is 0 Å². The van der Waals surface area contributed by atoms with Gasteiger partial charge in [-0.15, -0.1) is 10.2 Å². The molecule has 172 valence electrons. The van der Waals surface area contributed by atoms with Crippen molar-refractivity contribution in [3.63, 3.8) is 0 Å². The molecule has 1 fully saturated rings. The van der Waals surface area contributed by atoms with Gasteiger partial charge in [0.15, 0.2) is 0 Å². The van der Waals surface area contributed by atoms with Gasteiger partial charge in [-0.3, -0.25) is 9.59 Å². The van der Waals surface area contributed by atoms with E-state index >= 15 is 0 Å². The molecule has 1 unspecified atom stereocenters. The molecule has 3 aromatic rings. The maximum Gasteiger partial charge on any atom is 0.227 e. The highest BCUT2D eigenvalue weighted by atomic mass is 79.9. The van der Waals surface area contributed by atoms with Crippen LogP contribution in [0.2, 0.25) is 0 Å². The number of hydrogen-bond donors (Lipinski definition) is 1. The monoisotopic (exact) mass is 526 g/mol. The number of amides is 2. The van der Waals surface area contributed by atoms with Gasteiger partial charge in [-0.1, -0.05) is 82.6 Å². The molecule has 2 aromatic carbocycles. The third-order valence-corrected chi connectivity index (χ3v) is 7.44. The standard InChI is InChI=1S/C25H27BrN4O2S/c1-17(18-8-3-2-4-9-18)30(24(32)19-10-5-6-11-19)15-14-22(31)27-25-29-28-23(33-25)20-12-7-13-21(26)16-20/h2-4,7-9,12-13,16-17,19H,5-6,10-11,14-15H2,1H3,(H,27,29,31). The molecule has 0 aliphatic heterocycles. The number of rotatable bonds is 8. The molecule has 1 heterocycles. The number of carbonyl (C=O) groups is 2. The molecule has 1 aromatic heterocycles. The predicted molar refractivity (Wildman–Crippen MR) is 135 cm³/mol. The lowest BCUT2D eigenvalue weighted by Gasteiger charge is -2.32. The molecule has 4 rings (SSSR count). The molecule has 0 bridgehead atoms. The molecule has 0 saturated heterocycles. The van der Waals surface area contributed by atoms with E-state index in [-0.39, 0.29) is 30.2 Å². The largest absolute Gasteiger partial charge is 0.335 e. The maximum atomic E-state index is 13.3. The van der Waals surface area contributed by atoms with E-state index in [1.54, 1.807) is 0 Å². The quantitative estimate of drug-likeness (QED) is 0.386. The Morgan fingerprint density at radius 3 is 2.61 bits per heavy atom. The molecule has 0 radical (unpaired) electrons. The molecule has 8 heteroatoms. The van der Waals surface area contributed by atoms with Crippen molar-refractivity contribution in [2.75, 3.05) is 11.9 Å². The van der Waals surface area contributed by atoms with E-state index in [1.807, 2.05) is 66.4 Å². The molecule has 6 nitrogen and oxygen atoms in total. The average molecular weight is 527 g/mol. The van der Waals surface area contributed by atoms with Gasteiger partial charge in [0, 0.05) is 28.9 Å². The fourth-order valence-electron chi connectivity index (χ4n) is 4.23. The Morgan fingerprint density at radius 2 is 1.88 bits per heavy atom. The predicted octanol–water partition coefficient (Wildman–Crippen LogP) is 6.08. The van der Waals surface area contributed by atoms with Crippen molar-refractivity contribution in [1.82, 2.24) is 15.1 Å². The number of anilines is 1. The molecule has 2 amide bonds. The van der Waals surface area contributed by atoms with Gasteiger partial charge in [0.2, 0.25) is 16.9 Å². The van der Waals surface area contributed by atoms with Gasteiger partial charge in [0.1, 0.15) is 5.01 Å². The molecule has 1 atom stereocenters. The summed E-state index contributed by atoms with van der Waals surface area (Å²) < 4.78 is 0.959. The zero-order valence-corrected chi connectivity index (χ0v) is 20.9. The van der Waals surface area contributed by atoms with Crippen molar-refractivity contribution in [3.05, 3.63) is 64.6 Å². The third-order valence-electron chi connectivity index (χ3n) is 6.06. The number of halogens is 1. The smallest absolute Gasteiger partial charge is 0.227 e. The highest BCUT2D eigenvalue weighted by Gasteiger charge is 2.30. The van der Waals surface area contributed by atoms with Crippen molar-refractivity contribution < 1.29 is 9.59 Å². The van der Waals surface area contributed by atoms with Crippen LogP contribution in [-0.4, -0.2) is 33.5 Å². The highest BCUT2D eigenvalue weighted by Crippen LogP contribution is 2.31.